The summed E-state index contributed by atoms with van der Waals surface area (Å²) in [6, 6.07) is 1.69. The lowest BCUT2D eigenvalue weighted by Gasteiger charge is -2.22. The summed E-state index contributed by atoms with van der Waals surface area (Å²) in [6.45, 7) is 3.12. The molecule has 1 saturated heterocycles. The van der Waals surface area contributed by atoms with Crippen LogP contribution in [0.5, 0.6) is 0 Å². The van der Waals surface area contributed by atoms with E-state index in [4.69, 9.17) is 10.00 Å². The average Bonchev–Trinajstić information content (AvgIpc) is 2.26. The normalized spacial score (nSPS) is 23.6. The summed E-state index contributed by atoms with van der Waals surface area (Å²) in [5, 5.41) is 11.4. The Hall–Kier alpha value is -1.08. The smallest absolute Gasteiger partial charge is 0.226 e. The Kier molecular flexibility index (Phi) is 4.41. The van der Waals surface area contributed by atoms with Crippen LogP contribution in [-0.4, -0.2) is 25.2 Å². The molecule has 2 atom stereocenters. The Labute approximate surface area is 84.2 Å². The number of nitrogens with one attached hydrogen (secondary N) is 1. The zero-order chi connectivity index (χ0) is 10.4. The fraction of sp³-hybridized carbons (Fsp3) is 0.800. The van der Waals surface area contributed by atoms with Crippen molar-refractivity contribution in [1.29, 1.82) is 5.26 Å². The largest absolute Gasteiger partial charge is 0.381 e. The number of nitrogens with zero attached hydrogens (tertiary/aromatic N) is 1. The third-order valence-electron chi connectivity index (χ3n) is 2.41. The van der Waals surface area contributed by atoms with E-state index in [-0.39, 0.29) is 17.9 Å². The Bertz CT molecular complexity index is 229. The van der Waals surface area contributed by atoms with Crippen molar-refractivity contribution in [3.8, 4) is 6.07 Å². The van der Waals surface area contributed by atoms with Crippen LogP contribution in [-0.2, 0) is 9.53 Å². The Morgan fingerprint density at radius 2 is 2.57 bits per heavy atom. The van der Waals surface area contributed by atoms with E-state index in [2.05, 4.69) is 5.32 Å². The zero-order valence-corrected chi connectivity index (χ0v) is 8.45. The standard InChI is InChI=1S/C10H16N2O2/c1-2-9(6-11)12-10(13)8-4-3-5-14-7-8/h8-9H,2-5,7H2,1H3,(H,12,13). The van der Waals surface area contributed by atoms with Gasteiger partial charge in [-0.05, 0) is 19.3 Å². The van der Waals surface area contributed by atoms with Crippen LogP contribution in [0.2, 0.25) is 0 Å². The zero-order valence-electron chi connectivity index (χ0n) is 8.45. The monoisotopic (exact) mass is 196 g/mol. The summed E-state index contributed by atoms with van der Waals surface area (Å²) in [6.07, 6.45) is 2.45. The van der Waals surface area contributed by atoms with Gasteiger partial charge in [0.2, 0.25) is 5.91 Å². The highest BCUT2D eigenvalue weighted by Crippen LogP contribution is 2.13. The second kappa shape index (κ2) is 5.61. The lowest BCUT2D eigenvalue weighted by atomic mass is 10.0. The second-order valence-corrected chi connectivity index (χ2v) is 3.51. The number of amides is 1. The minimum Gasteiger partial charge on any atom is -0.381 e. The SMILES string of the molecule is CCC(C#N)NC(=O)C1CCCOC1. The first-order valence-corrected chi connectivity index (χ1v) is 5.05. The van der Waals surface area contributed by atoms with Crippen LogP contribution in [0.1, 0.15) is 26.2 Å². The second-order valence-electron chi connectivity index (χ2n) is 3.51. The van der Waals surface area contributed by atoms with E-state index in [0.29, 0.717) is 13.0 Å². The van der Waals surface area contributed by atoms with E-state index >= 15 is 0 Å². The molecule has 2 unspecified atom stereocenters. The highest BCUT2D eigenvalue weighted by molar-refractivity contribution is 5.79. The maximum Gasteiger partial charge on any atom is 0.226 e. The van der Waals surface area contributed by atoms with Crippen LogP contribution >= 0.6 is 0 Å². The van der Waals surface area contributed by atoms with E-state index in [1.807, 2.05) is 13.0 Å². The summed E-state index contributed by atoms with van der Waals surface area (Å²) in [5.74, 6) is -0.107. The molecule has 0 spiro atoms. The van der Waals surface area contributed by atoms with Gasteiger partial charge in [-0.25, -0.2) is 0 Å². The van der Waals surface area contributed by atoms with Crippen molar-refractivity contribution in [2.24, 2.45) is 5.92 Å². The molecule has 1 rings (SSSR count). The van der Waals surface area contributed by atoms with E-state index in [0.717, 1.165) is 19.4 Å². The first-order chi connectivity index (χ1) is 6.77. The average molecular weight is 196 g/mol. The predicted octanol–water partition coefficient (Wildman–Crippen LogP) is 0.831. The van der Waals surface area contributed by atoms with Gasteiger partial charge in [0.15, 0.2) is 0 Å². The molecule has 0 aromatic rings. The summed E-state index contributed by atoms with van der Waals surface area (Å²) < 4.78 is 5.21. The van der Waals surface area contributed by atoms with Gasteiger partial charge >= 0.3 is 0 Å². The Balaban J connectivity index is 2.36. The van der Waals surface area contributed by atoms with Crippen molar-refractivity contribution >= 4 is 5.91 Å². The van der Waals surface area contributed by atoms with Crippen LogP contribution in [0.15, 0.2) is 0 Å². The molecule has 1 heterocycles. The number of ether oxygens (including phenoxy) is 1. The van der Waals surface area contributed by atoms with Crippen LogP contribution in [0.4, 0.5) is 0 Å². The molecule has 1 N–H and O–H groups in total. The van der Waals surface area contributed by atoms with Gasteiger partial charge in [0.05, 0.1) is 18.6 Å². The van der Waals surface area contributed by atoms with E-state index in [9.17, 15) is 4.79 Å². The molecule has 1 amide bonds. The van der Waals surface area contributed by atoms with Crippen molar-refractivity contribution in [2.75, 3.05) is 13.2 Å². The van der Waals surface area contributed by atoms with Gasteiger partial charge in [-0.3, -0.25) is 4.79 Å². The molecule has 0 aliphatic carbocycles. The van der Waals surface area contributed by atoms with E-state index < -0.39 is 0 Å². The van der Waals surface area contributed by atoms with Crippen LogP contribution in [0, 0.1) is 17.2 Å². The van der Waals surface area contributed by atoms with Gasteiger partial charge in [-0.2, -0.15) is 5.26 Å². The highest BCUT2D eigenvalue weighted by Gasteiger charge is 2.23. The van der Waals surface area contributed by atoms with Gasteiger partial charge in [-0.1, -0.05) is 6.92 Å². The van der Waals surface area contributed by atoms with E-state index in [1.165, 1.54) is 0 Å². The molecular weight excluding hydrogens is 180 g/mol. The van der Waals surface area contributed by atoms with Gasteiger partial charge in [-0.15, -0.1) is 0 Å². The first-order valence-electron chi connectivity index (χ1n) is 5.05. The maximum absolute atomic E-state index is 11.6. The molecule has 0 saturated carbocycles. The predicted molar refractivity (Wildman–Crippen MR) is 51.4 cm³/mol. The molecule has 0 bridgehead atoms. The molecular formula is C10H16N2O2. The number of nitriles is 1. The van der Waals surface area contributed by atoms with Crippen molar-refractivity contribution < 1.29 is 9.53 Å². The lowest BCUT2D eigenvalue weighted by molar-refractivity contribution is -0.129. The summed E-state index contributed by atoms with van der Waals surface area (Å²) >= 11 is 0. The number of carbonyl (C=O) groups is 1. The minimum atomic E-state index is -0.357. The molecule has 0 aromatic heterocycles. The van der Waals surface area contributed by atoms with Gasteiger partial charge < -0.3 is 10.1 Å². The van der Waals surface area contributed by atoms with Gasteiger partial charge in [0.25, 0.3) is 0 Å². The fourth-order valence-electron chi connectivity index (χ4n) is 1.46. The molecule has 0 aromatic carbocycles. The number of rotatable bonds is 3. The maximum atomic E-state index is 11.6. The summed E-state index contributed by atoms with van der Waals surface area (Å²) in [5.41, 5.74) is 0. The summed E-state index contributed by atoms with van der Waals surface area (Å²) in [7, 11) is 0. The number of hydrogen-bond donors (Lipinski definition) is 1. The topological polar surface area (TPSA) is 62.1 Å². The molecule has 1 aliphatic rings. The third-order valence-corrected chi connectivity index (χ3v) is 2.41. The molecule has 4 heteroatoms. The van der Waals surface area contributed by atoms with Crippen LogP contribution in [0.25, 0.3) is 0 Å². The molecule has 14 heavy (non-hydrogen) atoms. The molecule has 1 fully saturated rings. The van der Waals surface area contributed by atoms with Crippen molar-refractivity contribution in [3.63, 3.8) is 0 Å². The lowest BCUT2D eigenvalue weighted by Crippen LogP contribution is -2.40. The molecule has 0 radical (unpaired) electrons. The van der Waals surface area contributed by atoms with Crippen molar-refractivity contribution in [1.82, 2.24) is 5.32 Å². The fourth-order valence-corrected chi connectivity index (χ4v) is 1.46. The number of carbonyl (C=O) groups excluding carboxylic acids is 1. The minimum absolute atomic E-state index is 0.0434. The molecule has 1 aliphatic heterocycles. The molecule has 4 nitrogen and oxygen atoms in total. The van der Waals surface area contributed by atoms with Crippen LogP contribution < -0.4 is 5.32 Å². The quantitative estimate of drug-likeness (QED) is 0.727. The molecule has 78 valence electrons. The van der Waals surface area contributed by atoms with Crippen LogP contribution in [0.3, 0.4) is 0 Å². The van der Waals surface area contributed by atoms with E-state index in [1.54, 1.807) is 0 Å². The third kappa shape index (κ3) is 3.00. The Morgan fingerprint density at radius 3 is 3.07 bits per heavy atom. The Morgan fingerprint density at radius 1 is 1.79 bits per heavy atom. The van der Waals surface area contributed by atoms with Crippen molar-refractivity contribution in [2.45, 2.75) is 32.2 Å². The van der Waals surface area contributed by atoms with Gasteiger partial charge in [0, 0.05) is 6.61 Å². The van der Waals surface area contributed by atoms with Gasteiger partial charge in [0.1, 0.15) is 6.04 Å². The highest BCUT2D eigenvalue weighted by atomic mass is 16.5. The van der Waals surface area contributed by atoms with Crippen molar-refractivity contribution in [3.05, 3.63) is 0 Å². The summed E-state index contributed by atoms with van der Waals surface area (Å²) in [4.78, 5) is 11.6. The number of hydrogen-bond acceptors (Lipinski definition) is 3. The first kappa shape index (κ1) is 11.0.